The second-order valence-electron chi connectivity index (χ2n) is 4.84. The Balaban J connectivity index is 1.65. The maximum absolute atomic E-state index is 5.67. The Morgan fingerprint density at radius 3 is 2.76 bits per heavy atom. The van der Waals surface area contributed by atoms with Gasteiger partial charge in [-0.1, -0.05) is 19.1 Å². The normalized spacial score (nSPS) is 10.6. The van der Waals surface area contributed by atoms with Crippen LogP contribution in [-0.4, -0.2) is 23.0 Å². The summed E-state index contributed by atoms with van der Waals surface area (Å²) in [6.07, 6.45) is 5.57. The van der Waals surface area contributed by atoms with E-state index in [1.54, 1.807) is 6.20 Å². The number of rotatable bonds is 9. The molecule has 0 aliphatic heterocycles. The van der Waals surface area contributed by atoms with Gasteiger partial charge in [-0.2, -0.15) is 5.10 Å². The molecule has 0 atom stereocenters. The van der Waals surface area contributed by atoms with Crippen molar-refractivity contribution >= 4 is 0 Å². The van der Waals surface area contributed by atoms with Gasteiger partial charge in [-0.15, -0.1) is 0 Å². The summed E-state index contributed by atoms with van der Waals surface area (Å²) >= 11 is 0. The van der Waals surface area contributed by atoms with E-state index in [4.69, 9.17) is 15.2 Å². The van der Waals surface area contributed by atoms with Gasteiger partial charge in [-0.25, -0.2) is 0 Å². The lowest BCUT2D eigenvalue weighted by molar-refractivity contribution is 0.247. The zero-order chi connectivity index (χ0) is 14.9. The van der Waals surface area contributed by atoms with Gasteiger partial charge in [0.15, 0.2) is 5.75 Å². The highest BCUT2D eigenvalue weighted by Gasteiger charge is 1.99. The van der Waals surface area contributed by atoms with Crippen molar-refractivity contribution in [1.82, 2.24) is 9.78 Å². The number of nitrogens with two attached hydrogens (primary N) is 1. The maximum Gasteiger partial charge on any atom is 0.157 e. The third kappa shape index (κ3) is 5.11. The minimum Gasteiger partial charge on any atom is -0.493 e. The largest absolute Gasteiger partial charge is 0.493 e. The summed E-state index contributed by atoms with van der Waals surface area (Å²) in [4.78, 5) is 0. The van der Waals surface area contributed by atoms with Crippen LogP contribution in [0.4, 0.5) is 0 Å². The van der Waals surface area contributed by atoms with Crippen LogP contribution in [0.1, 0.15) is 25.3 Å². The van der Waals surface area contributed by atoms with Gasteiger partial charge >= 0.3 is 0 Å². The van der Waals surface area contributed by atoms with E-state index in [-0.39, 0.29) is 0 Å². The van der Waals surface area contributed by atoms with Gasteiger partial charge in [-0.3, -0.25) is 4.68 Å². The second-order valence-corrected chi connectivity index (χ2v) is 4.84. The Morgan fingerprint density at radius 2 is 2.00 bits per heavy atom. The van der Waals surface area contributed by atoms with Crippen molar-refractivity contribution in [2.24, 2.45) is 5.73 Å². The summed E-state index contributed by atoms with van der Waals surface area (Å²) in [6.45, 7) is 4.82. The van der Waals surface area contributed by atoms with Gasteiger partial charge in [0.1, 0.15) is 5.75 Å². The molecule has 21 heavy (non-hydrogen) atoms. The minimum atomic E-state index is 0.530. The molecule has 0 saturated heterocycles. The molecule has 0 saturated carbocycles. The summed E-state index contributed by atoms with van der Waals surface area (Å²) in [5.74, 6) is 1.67. The van der Waals surface area contributed by atoms with E-state index < -0.39 is 0 Å². The van der Waals surface area contributed by atoms with Crippen LogP contribution in [0.5, 0.6) is 11.5 Å². The fraction of sp³-hybridized carbons (Fsp3) is 0.438. The van der Waals surface area contributed by atoms with Crippen molar-refractivity contribution in [1.29, 1.82) is 0 Å². The summed E-state index contributed by atoms with van der Waals surface area (Å²) in [7, 11) is 0. The summed E-state index contributed by atoms with van der Waals surface area (Å²) in [6, 6.07) is 7.85. The molecule has 0 fully saturated rings. The number of nitrogens with zero attached hydrogens (tertiary/aromatic N) is 2. The lowest BCUT2D eigenvalue weighted by Crippen LogP contribution is -2.05. The third-order valence-electron chi connectivity index (χ3n) is 3.02. The molecule has 1 aromatic carbocycles. The molecule has 5 nitrogen and oxygen atoms in total. The molecule has 0 aliphatic rings. The first-order chi connectivity index (χ1) is 10.3. The maximum atomic E-state index is 5.67. The Morgan fingerprint density at radius 1 is 1.19 bits per heavy atom. The molecule has 0 bridgehead atoms. The van der Waals surface area contributed by atoms with Crippen LogP contribution < -0.4 is 15.2 Å². The van der Waals surface area contributed by atoms with Crippen LogP contribution in [0, 0.1) is 0 Å². The van der Waals surface area contributed by atoms with Crippen LogP contribution in [0.3, 0.4) is 0 Å². The standard InChI is InChI=1S/C16H23N3O2/c1-2-7-19-13-16(12-18-19)21-9-4-8-20-15-6-3-5-14(10-15)11-17/h3,5-6,10,12-13H,2,4,7-9,11,17H2,1H3. The molecule has 0 aliphatic carbocycles. The predicted octanol–water partition coefficient (Wildman–Crippen LogP) is 2.60. The van der Waals surface area contributed by atoms with Crippen LogP contribution >= 0.6 is 0 Å². The fourth-order valence-corrected chi connectivity index (χ4v) is 1.97. The smallest absolute Gasteiger partial charge is 0.157 e. The Bertz CT molecular complexity index is 540. The van der Waals surface area contributed by atoms with Crippen molar-refractivity contribution < 1.29 is 9.47 Å². The van der Waals surface area contributed by atoms with Crippen molar-refractivity contribution in [3.05, 3.63) is 42.2 Å². The van der Waals surface area contributed by atoms with E-state index in [2.05, 4.69) is 12.0 Å². The molecule has 1 aromatic heterocycles. The van der Waals surface area contributed by atoms with E-state index >= 15 is 0 Å². The van der Waals surface area contributed by atoms with E-state index in [1.165, 1.54) is 0 Å². The quantitative estimate of drug-likeness (QED) is 0.721. The number of hydrogen-bond donors (Lipinski definition) is 1. The average Bonchev–Trinajstić information content (AvgIpc) is 2.95. The third-order valence-corrected chi connectivity index (χ3v) is 3.02. The van der Waals surface area contributed by atoms with Gasteiger partial charge in [0, 0.05) is 19.5 Å². The summed E-state index contributed by atoms with van der Waals surface area (Å²) in [5.41, 5.74) is 6.68. The van der Waals surface area contributed by atoms with Crippen LogP contribution in [0.15, 0.2) is 36.7 Å². The van der Waals surface area contributed by atoms with Gasteiger partial charge in [-0.05, 0) is 24.1 Å². The zero-order valence-electron chi connectivity index (χ0n) is 12.5. The van der Waals surface area contributed by atoms with Gasteiger partial charge < -0.3 is 15.2 Å². The van der Waals surface area contributed by atoms with Crippen molar-refractivity contribution in [2.45, 2.75) is 32.9 Å². The molecule has 114 valence electrons. The number of hydrogen-bond acceptors (Lipinski definition) is 4. The lowest BCUT2D eigenvalue weighted by Gasteiger charge is -2.07. The number of benzene rings is 1. The highest BCUT2D eigenvalue weighted by molar-refractivity contribution is 5.28. The van der Waals surface area contributed by atoms with E-state index in [0.29, 0.717) is 19.8 Å². The van der Waals surface area contributed by atoms with Crippen LogP contribution in [0.25, 0.3) is 0 Å². The number of ether oxygens (including phenoxy) is 2. The minimum absolute atomic E-state index is 0.530. The fourth-order valence-electron chi connectivity index (χ4n) is 1.97. The van der Waals surface area contributed by atoms with Gasteiger partial charge in [0.2, 0.25) is 0 Å². The van der Waals surface area contributed by atoms with Crippen molar-refractivity contribution in [2.75, 3.05) is 13.2 Å². The Kier molecular flexibility index (Phi) is 6.09. The Hall–Kier alpha value is -2.01. The van der Waals surface area contributed by atoms with E-state index in [0.717, 1.165) is 36.4 Å². The average molecular weight is 289 g/mol. The molecule has 2 N–H and O–H groups in total. The summed E-state index contributed by atoms with van der Waals surface area (Å²) < 4.78 is 13.2. The molecule has 0 spiro atoms. The predicted molar refractivity (Wildman–Crippen MR) is 82.5 cm³/mol. The van der Waals surface area contributed by atoms with Gasteiger partial charge in [0.25, 0.3) is 0 Å². The molecule has 2 aromatic rings. The number of aryl methyl sites for hydroxylation is 1. The molecule has 5 heteroatoms. The SMILES string of the molecule is CCCn1cc(OCCCOc2cccc(CN)c2)cn1. The highest BCUT2D eigenvalue weighted by Crippen LogP contribution is 2.13. The first kappa shape index (κ1) is 15.4. The second kappa shape index (κ2) is 8.32. The first-order valence-electron chi connectivity index (χ1n) is 7.39. The van der Waals surface area contributed by atoms with Crippen molar-refractivity contribution in [3.63, 3.8) is 0 Å². The number of aromatic nitrogens is 2. The molecule has 2 rings (SSSR count). The van der Waals surface area contributed by atoms with E-state index in [1.807, 2.05) is 35.1 Å². The van der Waals surface area contributed by atoms with E-state index in [9.17, 15) is 0 Å². The molecule has 0 unspecified atom stereocenters. The highest BCUT2D eigenvalue weighted by atomic mass is 16.5. The zero-order valence-corrected chi connectivity index (χ0v) is 12.5. The van der Waals surface area contributed by atoms with Crippen molar-refractivity contribution in [3.8, 4) is 11.5 Å². The Labute approximate surface area is 125 Å². The molecule has 0 amide bonds. The molecular weight excluding hydrogens is 266 g/mol. The molecule has 0 radical (unpaired) electrons. The van der Waals surface area contributed by atoms with Crippen LogP contribution in [-0.2, 0) is 13.1 Å². The monoisotopic (exact) mass is 289 g/mol. The molecular formula is C16H23N3O2. The first-order valence-corrected chi connectivity index (χ1v) is 7.39. The lowest BCUT2D eigenvalue weighted by atomic mass is 10.2. The topological polar surface area (TPSA) is 62.3 Å². The van der Waals surface area contributed by atoms with Gasteiger partial charge in [0.05, 0.1) is 25.6 Å². The summed E-state index contributed by atoms with van der Waals surface area (Å²) in [5, 5.41) is 4.22. The molecule has 1 heterocycles. The van der Waals surface area contributed by atoms with Crippen LogP contribution in [0.2, 0.25) is 0 Å².